The molecule has 0 amide bonds. The van der Waals surface area contributed by atoms with Gasteiger partial charge >= 0.3 is 5.97 Å². The van der Waals surface area contributed by atoms with E-state index in [4.69, 9.17) is 0 Å². The first-order valence-corrected chi connectivity index (χ1v) is 9.51. The molecule has 1 N–H and O–H groups in total. The first-order chi connectivity index (χ1) is 12.9. The smallest absolute Gasteiger partial charge is 0.316 e. The Bertz CT molecular complexity index is 821. The van der Waals surface area contributed by atoms with E-state index in [-0.39, 0.29) is 24.2 Å². The maximum absolute atomic E-state index is 15.1. The zero-order valence-electron chi connectivity index (χ0n) is 15.3. The van der Waals surface area contributed by atoms with Gasteiger partial charge in [-0.1, -0.05) is 0 Å². The van der Waals surface area contributed by atoms with Crippen molar-refractivity contribution in [3.05, 3.63) is 23.0 Å². The lowest BCUT2D eigenvalue weighted by Crippen LogP contribution is -2.45. The molecular formula is C20H23FN2O4. The van der Waals surface area contributed by atoms with Crippen molar-refractivity contribution in [2.75, 3.05) is 22.9 Å². The maximum Gasteiger partial charge on any atom is 0.316 e. The molecule has 0 spiro atoms. The number of ketones is 1. The van der Waals surface area contributed by atoms with Crippen LogP contribution in [0.5, 0.6) is 0 Å². The third-order valence-corrected chi connectivity index (χ3v) is 6.03. The second-order valence-electron chi connectivity index (χ2n) is 7.76. The number of carbonyl (C=O) groups excluding carboxylic acids is 2. The van der Waals surface area contributed by atoms with Crippen molar-refractivity contribution in [3.8, 4) is 0 Å². The predicted molar refractivity (Wildman–Crippen MR) is 98.0 cm³/mol. The Balaban J connectivity index is 1.84. The Morgan fingerprint density at radius 1 is 1.30 bits per heavy atom. The summed E-state index contributed by atoms with van der Waals surface area (Å²) < 4.78 is 15.1. The van der Waals surface area contributed by atoms with Gasteiger partial charge in [0.25, 0.3) is 0 Å². The highest BCUT2D eigenvalue weighted by molar-refractivity contribution is 6.14. The number of hydrogen-bond acceptors (Lipinski definition) is 5. The van der Waals surface area contributed by atoms with E-state index in [0.29, 0.717) is 29.9 Å². The van der Waals surface area contributed by atoms with E-state index < -0.39 is 23.5 Å². The van der Waals surface area contributed by atoms with Crippen molar-refractivity contribution in [1.82, 2.24) is 0 Å². The molecule has 2 unspecified atom stereocenters. The van der Waals surface area contributed by atoms with Crippen LogP contribution < -0.4 is 9.80 Å². The molecule has 144 valence electrons. The molecule has 1 aromatic carbocycles. The van der Waals surface area contributed by atoms with Gasteiger partial charge in [0.15, 0.2) is 5.78 Å². The van der Waals surface area contributed by atoms with Crippen LogP contribution in [-0.2, 0) is 9.59 Å². The van der Waals surface area contributed by atoms with Crippen LogP contribution in [0, 0.1) is 18.7 Å². The minimum absolute atomic E-state index is 0.0332. The quantitative estimate of drug-likeness (QED) is 0.630. The van der Waals surface area contributed by atoms with Crippen LogP contribution >= 0.6 is 0 Å². The van der Waals surface area contributed by atoms with Crippen molar-refractivity contribution in [2.45, 2.75) is 51.1 Å². The van der Waals surface area contributed by atoms with E-state index in [9.17, 15) is 19.5 Å². The number of Topliss-reactive ketones (excluding diaryl/α,β-unsaturated/α-hetero) is 1. The molecule has 6 nitrogen and oxygen atoms in total. The molecule has 2 heterocycles. The number of carboxylic acids is 1. The van der Waals surface area contributed by atoms with Gasteiger partial charge in [-0.05, 0) is 44.2 Å². The van der Waals surface area contributed by atoms with Crippen molar-refractivity contribution in [2.24, 2.45) is 5.92 Å². The number of carbonyl (C=O) groups is 3. The lowest BCUT2D eigenvalue weighted by atomic mass is 9.88. The van der Waals surface area contributed by atoms with Crippen LogP contribution in [0.25, 0.3) is 0 Å². The largest absolute Gasteiger partial charge is 0.481 e. The molecule has 1 aliphatic carbocycles. The van der Waals surface area contributed by atoms with Crippen LogP contribution in [0.15, 0.2) is 6.07 Å². The Kier molecular flexibility index (Phi) is 4.40. The highest BCUT2D eigenvalue weighted by Gasteiger charge is 2.44. The van der Waals surface area contributed by atoms with Gasteiger partial charge in [-0.25, -0.2) is 4.39 Å². The molecule has 4 rings (SSSR count). The fourth-order valence-corrected chi connectivity index (χ4v) is 4.62. The Hall–Kier alpha value is -2.44. The molecule has 7 heteroatoms. The zero-order valence-corrected chi connectivity index (χ0v) is 15.3. The summed E-state index contributed by atoms with van der Waals surface area (Å²) >= 11 is 0. The first kappa shape index (κ1) is 17.9. The molecule has 1 aromatic rings. The molecule has 1 saturated carbocycles. The Morgan fingerprint density at radius 2 is 2.04 bits per heavy atom. The fraction of sp³-hybridized carbons (Fsp3) is 0.550. The molecule has 2 fully saturated rings. The summed E-state index contributed by atoms with van der Waals surface area (Å²) in [6, 6.07) is 1.38. The van der Waals surface area contributed by atoms with Crippen LogP contribution in [-0.4, -0.2) is 48.3 Å². The SMILES string of the molecule is Cc1c(N2CCCC2CC=O)c(F)cc2c1N(C1CC1)CC(C(=O)O)C2=O. The predicted octanol–water partition coefficient (Wildman–Crippen LogP) is 2.56. The van der Waals surface area contributed by atoms with Gasteiger partial charge < -0.3 is 19.7 Å². The van der Waals surface area contributed by atoms with Gasteiger partial charge in [0.05, 0.1) is 11.4 Å². The zero-order chi connectivity index (χ0) is 19.3. The molecule has 0 aromatic heterocycles. The average Bonchev–Trinajstić information content (AvgIpc) is 3.37. The van der Waals surface area contributed by atoms with E-state index in [2.05, 4.69) is 0 Å². The minimum Gasteiger partial charge on any atom is -0.481 e. The van der Waals surface area contributed by atoms with Crippen LogP contribution in [0.4, 0.5) is 15.8 Å². The highest BCUT2D eigenvalue weighted by Crippen LogP contribution is 2.45. The minimum atomic E-state index is -1.16. The van der Waals surface area contributed by atoms with Crippen molar-refractivity contribution in [1.29, 1.82) is 0 Å². The second kappa shape index (κ2) is 6.62. The molecule has 3 aliphatic rings. The molecule has 2 aliphatic heterocycles. The number of rotatable bonds is 5. The van der Waals surface area contributed by atoms with Crippen molar-refractivity contribution < 1.29 is 23.9 Å². The number of benzene rings is 1. The summed E-state index contributed by atoms with van der Waals surface area (Å²) in [5.74, 6) is -3.35. The van der Waals surface area contributed by atoms with E-state index in [1.807, 2.05) is 9.80 Å². The van der Waals surface area contributed by atoms with Gasteiger partial charge in [-0.15, -0.1) is 0 Å². The number of nitrogens with zero attached hydrogens (tertiary/aromatic N) is 2. The number of halogens is 1. The Morgan fingerprint density at radius 3 is 2.67 bits per heavy atom. The van der Waals surface area contributed by atoms with Crippen molar-refractivity contribution in [3.63, 3.8) is 0 Å². The van der Waals surface area contributed by atoms with Crippen LogP contribution in [0.3, 0.4) is 0 Å². The number of fused-ring (bicyclic) bond motifs is 1. The number of aldehydes is 1. The molecule has 1 saturated heterocycles. The van der Waals surface area contributed by atoms with Crippen LogP contribution in [0.2, 0.25) is 0 Å². The van der Waals surface area contributed by atoms with E-state index >= 15 is 4.39 Å². The van der Waals surface area contributed by atoms with E-state index in [1.54, 1.807) is 6.92 Å². The topological polar surface area (TPSA) is 77.9 Å². The normalized spacial score (nSPS) is 24.9. The molecular weight excluding hydrogens is 351 g/mol. The van der Waals surface area contributed by atoms with E-state index in [0.717, 1.165) is 32.0 Å². The lowest BCUT2D eigenvalue weighted by Gasteiger charge is -2.37. The summed E-state index contributed by atoms with van der Waals surface area (Å²) in [6.45, 7) is 2.61. The summed E-state index contributed by atoms with van der Waals surface area (Å²) in [5.41, 5.74) is 1.97. The third-order valence-electron chi connectivity index (χ3n) is 6.03. The third kappa shape index (κ3) is 2.89. The van der Waals surface area contributed by atoms with Gasteiger partial charge in [0, 0.05) is 37.2 Å². The second-order valence-corrected chi connectivity index (χ2v) is 7.76. The standard InChI is InChI=1S/C20H23FN2O4/c1-11-17-14(19(25)15(20(26)27)10-23(17)13-4-5-13)9-16(21)18(11)22-7-2-3-12(22)6-8-24/h8-9,12-13,15H,2-7,10H2,1H3,(H,26,27). The number of hydrogen-bond donors (Lipinski definition) is 1. The molecule has 0 bridgehead atoms. The van der Waals surface area contributed by atoms with Crippen LogP contribution in [0.1, 0.15) is 48.0 Å². The van der Waals surface area contributed by atoms with Gasteiger partial charge in [0.2, 0.25) is 0 Å². The van der Waals surface area contributed by atoms with E-state index in [1.165, 1.54) is 6.07 Å². The number of carboxylic acid groups (broad SMARTS) is 1. The summed E-state index contributed by atoms with van der Waals surface area (Å²) in [6.07, 6.45) is 4.84. The lowest BCUT2D eigenvalue weighted by molar-refractivity contribution is -0.139. The van der Waals surface area contributed by atoms with Gasteiger partial charge in [0.1, 0.15) is 18.0 Å². The maximum atomic E-state index is 15.1. The summed E-state index contributed by atoms with van der Waals surface area (Å²) in [7, 11) is 0. The summed E-state index contributed by atoms with van der Waals surface area (Å²) in [5, 5.41) is 9.43. The fourth-order valence-electron chi connectivity index (χ4n) is 4.62. The molecule has 27 heavy (non-hydrogen) atoms. The number of anilines is 2. The first-order valence-electron chi connectivity index (χ1n) is 9.51. The summed E-state index contributed by atoms with van der Waals surface area (Å²) in [4.78, 5) is 39.2. The Labute approximate surface area is 156 Å². The van der Waals surface area contributed by atoms with Gasteiger partial charge in [-0.3, -0.25) is 9.59 Å². The highest BCUT2D eigenvalue weighted by atomic mass is 19.1. The number of aliphatic carboxylic acids is 1. The van der Waals surface area contributed by atoms with Gasteiger partial charge in [-0.2, -0.15) is 0 Å². The molecule has 0 radical (unpaired) electrons. The monoisotopic (exact) mass is 374 g/mol. The average molecular weight is 374 g/mol. The molecule has 2 atom stereocenters. The van der Waals surface area contributed by atoms with Crippen molar-refractivity contribution >= 4 is 29.4 Å².